The average molecular weight is 337 g/mol. The van der Waals surface area contributed by atoms with Crippen LogP contribution in [-0.2, 0) is 16.0 Å². The molecule has 3 heterocycles. The van der Waals surface area contributed by atoms with E-state index < -0.39 is 0 Å². The molecular weight excluding hydrogens is 314 g/mol. The van der Waals surface area contributed by atoms with E-state index in [0.717, 1.165) is 62.6 Å². The van der Waals surface area contributed by atoms with Crippen molar-refractivity contribution in [1.29, 1.82) is 0 Å². The van der Waals surface area contributed by atoms with Gasteiger partial charge < -0.3 is 9.64 Å². The molecule has 1 saturated heterocycles. The maximum atomic E-state index is 12.5. The van der Waals surface area contributed by atoms with Crippen LogP contribution < -0.4 is 4.90 Å². The van der Waals surface area contributed by atoms with E-state index in [2.05, 4.69) is 34.1 Å². The Bertz CT molecular complexity index is 742. The van der Waals surface area contributed by atoms with Crippen LogP contribution in [0.1, 0.15) is 12.0 Å². The first-order chi connectivity index (χ1) is 12.3. The first-order valence-electron chi connectivity index (χ1n) is 8.95. The number of rotatable bonds is 4. The van der Waals surface area contributed by atoms with Gasteiger partial charge in [-0.15, -0.1) is 0 Å². The van der Waals surface area contributed by atoms with Crippen LogP contribution in [-0.4, -0.2) is 55.2 Å². The van der Waals surface area contributed by atoms with Crippen molar-refractivity contribution in [1.82, 2.24) is 9.88 Å². The molecule has 5 heteroatoms. The topological polar surface area (TPSA) is 45.7 Å². The molecule has 2 aromatic rings. The molecule has 1 amide bonds. The van der Waals surface area contributed by atoms with Gasteiger partial charge in [0.2, 0.25) is 5.91 Å². The standard InChI is InChI=1S/C20H23N3O2/c24-20-6-5-16-3-4-17(18-2-1-7-21-15-18)14-19(16)23(20)9-8-22-10-12-25-13-11-22/h1-4,7,14-15H,5-6,8-13H2. The number of nitrogens with zero attached hydrogens (tertiary/aromatic N) is 3. The van der Waals surface area contributed by atoms with E-state index in [4.69, 9.17) is 4.74 Å². The number of hydrogen-bond acceptors (Lipinski definition) is 4. The minimum atomic E-state index is 0.226. The predicted molar refractivity (Wildman–Crippen MR) is 97.6 cm³/mol. The van der Waals surface area contributed by atoms with E-state index in [1.165, 1.54) is 5.56 Å². The van der Waals surface area contributed by atoms with Gasteiger partial charge in [-0.2, -0.15) is 0 Å². The maximum Gasteiger partial charge on any atom is 0.227 e. The monoisotopic (exact) mass is 337 g/mol. The molecule has 4 rings (SSSR count). The molecule has 0 bridgehead atoms. The number of hydrogen-bond donors (Lipinski definition) is 0. The fourth-order valence-corrected chi connectivity index (χ4v) is 3.56. The van der Waals surface area contributed by atoms with Gasteiger partial charge in [-0.05, 0) is 29.7 Å². The molecule has 0 N–H and O–H groups in total. The normalized spacial score (nSPS) is 18.2. The summed E-state index contributed by atoms with van der Waals surface area (Å²) in [6.07, 6.45) is 5.07. The smallest absolute Gasteiger partial charge is 0.227 e. The SMILES string of the molecule is O=C1CCc2ccc(-c3cccnc3)cc2N1CCN1CCOCC1. The maximum absolute atomic E-state index is 12.5. The average Bonchev–Trinajstić information content (AvgIpc) is 2.68. The summed E-state index contributed by atoms with van der Waals surface area (Å²) in [5.74, 6) is 0.226. The number of amides is 1. The highest BCUT2D eigenvalue weighted by molar-refractivity contribution is 5.97. The Labute approximate surface area is 148 Å². The zero-order chi connectivity index (χ0) is 17.1. The van der Waals surface area contributed by atoms with E-state index in [1.807, 2.05) is 17.2 Å². The van der Waals surface area contributed by atoms with Gasteiger partial charge in [0.15, 0.2) is 0 Å². The lowest BCUT2D eigenvalue weighted by molar-refractivity contribution is -0.119. The van der Waals surface area contributed by atoms with Crippen molar-refractivity contribution in [2.75, 3.05) is 44.3 Å². The number of aromatic nitrogens is 1. The summed E-state index contributed by atoms with van der Waals surface area (Å²) in [4.78, 5) is 21.1. The Morgan fingerprint density at radius 3 is 2.72 bits per heavy atom. The van der Waals surface area contributed by atoms with E-state index in [-0.39, 0.29) is 5.91 Å². The van der Waals surface area contributed by atoms with Gasteiger partial charge >= 0.3 is 0 Å². The van der Waals surface area contributed by atoms with E-state index in [0.29, 0.717) is 6.42 Å². The third-order valence-electron chi connectivity index (χ3n) is 5.02. The molecule has 5 nitrogen and oxygen atoms in total. The molecule has 0 atom stereocenters. The lowest BCUT2D eigenvalue weighted by Gasteiger charge is -2.33. The number of morpholine rings is 1. The second-order valence-corrected chi connectivity index (χ2v) is 6.58. The quantitative estimate of drug-likeness (QED) is 0.859. The van der Waals surface area contributed by atoms with Gasteiger partial charge in [-0.1, -0.05) is 18.2 Å². The van der Waals surface area contributed by atoms with Crippen LogP contribution in [0.3, 0.4) is 0 Å². The number of ether oxygens (including phenoxy) is 1. The molecule has 1 fully saturated rings. The number of aryl methyl sites for hydroxylation is 1. The fourth-order valence-electron chi connectivity index (χ4n) is 3.56. The molecule has 2 aliphatic heterocycles. The van der Waals surface area contributed by atoms with E-state index in [1.54, 1.807) is 6.20 Å². The van der Waals surface area contributed by atoms with Crippen LogP contribution in [0.25, 0.3) is 11.1 Å². The molecular formula is C20H23N3O2. The van der Waals surface area contributed by atoms with Gasteiger partial charge in [0, 0.05) is 56.2 Å². The molecule has 0 aliphatic carbocycles. The number of benzene rings is 1. The Morgan fingerprint density at radius 1 is 1.04 bits per heavy atom. The number of fused-ring (bicyclic) bond motifs is 1. The Hall–Kier alpha value is -2.24. The van der Waals surface area contributed by atoms with Crippen LogP contribution >= 0.6 is 0 Å². The Morgan fingerprint density at radius 2 is 1.92 bits per heavy atom. The van der Waals surface area contributed by atoms with Crippen molar-refractivity contribution in [2.45, 2.75) is 12.8 Å². The number of pyridine rings is 1. The molecule has 0 unspecified atom stereocenters. The van der Waals surface area contributed by atoms with Gasteiger partial charge in [-0.3, -0.25) is 14.7 Å². The van der Waals surface area contributed by atoms with Crippen molar-refractivity contribution in [3.05, 3.63) is 48.3 Å². The van der Waals surface area contributed by atoms with Gasteiger partial charge in [0.25, 0.3) is 0 Å². The number of carbonyl (C=O) groups is 1. The molecule has 25 heavy (non-hydrogen) atoms. The Balaban J connectivity index is 1.57. The van der Waals surface area contributed by atoms with Crippen LogP contribution in [0, 0.1) is 0 Å². The van der Waals surface area contributed by atoms with Gasteiger partial charge in [0.05, 0.1) is 13.2 Å². The third kappa shape index (κ3) is 3.57. The Kier molecular flexibility index (Phi) is 4.76. The highest BCUT2D eigenvalue weighted by Gasteiger charge is 2.25. The van der Waals surface area contributed by atoms with Crippen molar-refractivity contribution in [3.63, 3.8) is 0 Å². The van der Waals surface area contributed by atoms with Crippen molar-refractivity contribution < 1.29 is 9.53 Å². The minimum absolute atomic E-state index is 0.226. The van der Waals surface area contributed by atoms with Gasteiger partial charge in [0.1, 0.15) is 0 Å². The third-order valence-corrected chi connectivity index (χ3v) is 5.02. The van der Waals surface area contributed by atoms with Crippen LogP contribution in [0.4, 0.5) is 5.69 Å². The molecule has 2 aliphatic rings. The van der Waals surface area contributed by atoms with Crippen molar-refractivity contribution in [3.8, 4) is 11.1 Å². The summed E-state index contributed by atoms with van der Waals surface area (Å²) in [5.41, 5.74) is 4.51. The highest BCUT2D eigenvalue weighted by atomic mass is 16.5. The zero-order valence-corrected chi connectivity index (χ0v) is 14.4. The molecule has 1 aromatic carbocycles. The molecule has 1 aromatic heterocycles. The number of anilines is 1. The van der Waals surface area contributed by atoms with Gasteiger partial charge in [-0.25, -0.2) is 0 Å². The van der Waals surface area contributed by atoms with Crippen molar-refractivity contribution >= 4 is 11.6 Å². The minimum Gasteiger partial charge on any atom is -0.379 e. The molecule has 0 saturated carbocycles. The first-order valence-corrected chi connectivity index (χ1v) is 8.95. The largest absolute Gasteiger partial charge is 0.379 e. The second kappa shape index (κ2) is 7.33. The lowest BCUT2D eigenvalue weighted by Crippen LogP contribution is -2.44. The van der Waals surface area contributed by atoms with Crippen molar-refractivity contribution in [2.24, 2.45) is 0 Å². The summed E-state index contributed by atoms with van der Waals surface area (Å²) >= 11 is 0. The molecule has 130 valence electrons. The highest BCUT2D eigenvalue weighted by Crippen LogP contribution is 2.32. The summed E-state index contributed by atoms with van der Waals surface area (Å²) in [6, 6.07) is 10.4. The summed E-state index contributed by atoms with van der Waals surface area (Å²) in [5, 5.41) is 0. The van der Waals surface area contributed by atoms with Crippen LogP contribution in [0.15, 0.2) is 42.7 Å². The summed E-state index contributed by atoms with van der Waals surface area (Å²) < 4.78 is 5.41. The zero-order valence-electron chi connectivity index (χ0n) is 14.4. The number of carbonyl (C=O) groups excluding carboxylic acids is 1. The fraction of sp³-hybridized carbons (Fsp3) is 0.400. The summed E-state index contributed by atoms with van der Waals surface area (Å²) in [7, 11) is 0. The predicted octanol–water partition coefficient (Wildman–Crippen LogP) is 2.36. The summed E-state index contributed by atoms with van der Waals surface area (Å²) in [6.45, 7) is 5.11. The lowest BCUT2D eigenvalue weighted by atomic mass is 9.97. The molecule has 0 spiro atoms. The van der Waals surface area contributed by atoms with E-state index >= 15 is 0 Å². The van der Waals surface area contributed by atoms with Crippen LogP contribution in [0.5, 0.6) is 0 Å². The molecule has 0 radical (unpaired) electrons. The first kappa shape index (κ1) is 16.2. The van der Waals surface area contributed by atoms with Crippen LogP contribution in [0.2, 0.25) is 0 Å². The van der Waals surface area contributed by atoms with E-state index in [9.17, 15) is 4.79 Å². The second-order valence-electron chi connectivity index (χ2n) is 6.58.